The SMILES string of the molecule is Cc1ccccc1N1CC[C@@H](CNC(=O)c2ccc(C#CC(C)(C)O)o2)C1. The average Bonchev–Trinajstić information content (AvgIpc) is 3.27. The second kappa shape index (κ2) is 7.89. The first-order valence-corrected chi connectivity index (χ1v) is 9.26. The van der Waals surface area contributed by atoms with Crippen molar-refractivity contribution >= 4 is 11.6 Å². The summed E-state index contributed by atoms with van der Waals surface area (Å²) >= 11 is 0. The van der Waals surface area contributed by atoms with Gasteiger partial charge in [-0.25, -0.2) is 0 Å². The van der Waals surface area contributed by atoms with Gasteiger partial charge in [-0.1, -0.05) is 24.1 Å². The summed E-state index contributed by atoms with van der Waals surface area (Å²) in [6.07, 6.45) is 1.05. The molecule has 1 aromatic heterocycles. The predicted molar refractivity (Wildman–Crippen MR) is 106 cm³/mol. The van der Waals surface area contributed by atoms with Crippen LogP contribution < -0.4 is 10.2 Å². The van der Waals surface area contributed by atoms with Crippen LogP contribution >= 0.6 is 0 Å². The molecule has 1 atom stereocenters. The summed E-state index contributed by atoms with van der Waals surface area (Å²) in [5.74, 6) is 6.19. The number of hydrogen-bond donors (Lipinski definition) is 2. The Labute approximate surface area is 160 Å². The molecule has 0 bridgehead atoms. The predicted octanol–water partition coefficient (Wildman–Crippen LogP) is 2.97. The van der Waals surface area contributed by atoms with E-state index >= 15 is 0 Å². The van der Waals surface area contributed by atoms with Crippen LogP contribution in [0.5, 0.6) is 0 Å². The molecule has 142 valence electrons. The van der Waals surface area contributed by atoms with E-state index in [1.54, 1.807) is 26.0 Å². The van der Waals surface area contributed by atoms with E-state index in [1.165, 1.54) is 11.3 Å². The summed E-state index contributed by atoms with van der Waals surface area (Å²) in [4.78, 5) is 14.7. The van der Waals surface area contributed by atoms with Crippen molar-refractivity contribution in [2.45, 2.75) is 32.8 Å². The van der Waals surface area contributed by atoms with Gasteiger partial charge in [-0.15, -0.1) is 0 Å². The molecule has 0 radical (unpaired) electrons. The van der Waals surface area contributed by atoms with E-state index in [0.29, 0.717) is 18.2 Å². The Morgan fingerprint density at radius 3 is 2.85 bits per heavy atom. The minimum absolute atomic E-state index is 0.236. The Kier molecular flexibility index (Phi) is 5.57. The van der Waals surface area contributed by atoms with Gasteiger partial charge >= 0.3 is 0 Å². The van der Waals surface area contributed by atoms with Gasteiger partial charge in [0.25, 0.3) is 5.91 Å². The highest BCUT2D eigenvalue weighted by atomic mass is 16.3. The molecule has 3 rings (SSSR count). The van der Waals surface area contributed by atoms with E-state index in [9.17, 15) is 9.90 Å². The van der Waals surface area contributed by atoms with Crippen LogP contribution in [0.4, 0.5) is 5.69 Å². The highest BCUT2D eigenvalue weighted by Gasteiger charge is 2.24. The van der Waals surface area contributed by atoms with E-state index < -0.39 is 5.60 Å². The van der Waals surface area contributed by atoms with Crippen LogP contribution in [0.1, 0.15) is 42.1 Å². The lowest BCUT2D eigenvalue weighted by Gasteiger charge is -2.21. The van der Waals surface area contributed by atoms with E-state index in [1.807, 2.05) is 0 Å². The molecular formula is C22H26N2O3. The molecule has 0 aliphatic carbocycles. The Hall–Kier alpha value is -2.71. The number of hydrogen-bond acceptors (Lipinski definition) is 4. The van der Waals surface area contributed by atoms with Gasteiger partial charge in [0.1, 0.15) is 5.60 Å². The fourth-order valence-electron chi connectivity index (χ4n) is 3.20. The molecule has 0 saturated carbocycles. The third kappa shape index (κ3) is 5.15. The summed E-state index contributed by atoms with van der Waals surface area (Å²) in [5.41, 5.74) is 1.45. The fourth-order valence-corrected chi connectivity index (χ4v) is 3.20. The maximum absolute atomic E-state index is 12.3. The molecule has 27 heavy (non-hydrogen) atoms. The van der Waals surface area contributed by atoms with Crippen LogP contribution in [0.15, 0.2) is 40.8 Å². The molecule has 1 aliphatic rings. The van der Waals surface area contributed by atoms with Crippen LogP contribution in [0, 0.1) is 24.7 Å². The maximum atomic E-state index is 12.3. The zero-order chi connectivity index (χ0) is 19.4. The normalized spacial score (nSPS) is 16.7. The quantitative estimate of drug-likeness (QED) is 0.817. The van der Waals surface area contributed by atoms with Crippen LogP contribution in [0.25, 0.3) is 0 Å². The first kappa shape index (κ1) is 19.1. The van der Waals surface area contributed by atoms with Crippen LogP contribution in [0.2, 0.25) is 0 Å². The Bertz CT molecular complexity index is 867. The fraction of sp³-hybridized carbons (Fsp3) is 0.409. The number of aryl methyl sites for hydroxylation is 1. The molecule has 1 aliphatic heterocycles. The number of para-hydroxylation sites is 1. The first-order valence-electron chi connectivity index (χ1n) is 9.26. The number of furan rings is 1. The Morgan fingerprint density at radius 1 is 1.33 bits per heavy atom. The summed E-state index contributed by atoms with van der Waals surface area (Å²) in [7, 11) is 0. The van der Waals surface area contributed by atoms with E-state index in [0.717, 1.165) is 19.5 Å². The molecule has 1 fully saturated rings. The third-order valence-corrected chi connectivity index (χ3v) is 4.61. The summed E-state index contributed by atoms with van der Waals surface area (Å²) in [6.45, 7) is 7.87. The summed E-state index contributed by atoms with van der Waals surface area (Å²) in [5, 5.41) is 12.6. The lowest BCUT2D eigenvalue weighted by Crippen LogP contribution is -2.30. The second-order valence-electron chi connectivity index (χ2n) is 7.57. The number of rotatable bonds is 4. The summed E-state index contributed by atoms with van der Waals surface area (Å²) < 4.78 is 5.46. The van der Waals surface area contributed by atoms with E-state index in [-0.39, 0.29) is 11.7 Å². The van der Waals surface area contributed by atoms with Crippen LogP contribution in [-0.4, -0.2) is 36.2 Å². The Morgan fingerprint density at radius 2 is 2.11 bits per heavy atom. The van der Waals surface area contributed by atoms with Crippen molar-refractivity contribution in [3.05, 3.63) is 53.5 Å². The van der Waals surface area contributed by atoms with Crippen LogP contribution in [-0.2, 0) is 0 Å². The van der Waals surface area contributed by atoms with Crippen molar-refractivity contribution in [1.82, 2.24) is 5.32 Å². The van der Waals surface area contributed by atoms with Crippen molar-refractivity contribution in [2.75, 3.05) is 24.5 Å². The van der Waals surface area contributed by atoms with Gasteiger partial charge in [0, 0.05) is 25.3 Å². The summed E-state index contributed by atoms with van der Waals surface area (Å²) in [6, 6.07) is 11.6. The number of benzene rings is 1. The van der Waals surface area contributed by atoms with E-state index in [4.69, 9.17) is 4.42 Å². The average molecular weight is 366 g/mol. The number of nitrogens with one attached hydrogen (secondary N) is 1. The standard InChI is InChI=1S/C22H26N2O3/c1-16-6-4-5-7-19(16)24-13-11-17(15-24)14-23-21(25)20-9-8-18(27-20)10-12-22(2,3)26/h4-9,17,26H,11,13-15H2,1-3H3,(H,23,25)/t17-/m0/s1. The molecular weight excluding hydrogens is 340 g/mol. The second-order valence-corrected chi connectivity index (χ2v) is 7.57. The number of aliphatic hydroxyl groups is 1. The van der Waals surface area contributed by atoms with Crippen molar-refractivity contribution in [1.29, 1.82) is 0 Å². The minimum atomic E-state index is -1.10. The lowest BCUT2D eigenvalue weighted by molar-refractivity contribution is 0.0920. The van der Waals surface area contributed by atoms with Gasteiger partial charge in [0.05, 0.1) is 0 Å². The molecule has 1 aromatic carbocycles. The molecule has 1 amide bonds. The highest BCUT2D eigenvalue weighted by molar-refractivity contribution is 5.91. The molecule has 5 nitrogen and oxygen atoms in total. The van der Waals surface area contributed by atoms with Gasteiger partial charge in [-0.2, -0.15) is 0 Å². The van der Waals surface area contributed by atoms with Gasteiger partial charge < -0.3 is 19.7 Å². The van der Waals surface area contributed by atoms with Crippen molar-refractivity contribution < 1.29 is 14.3 Å². The van der Waals surface area contributed by atoms with E-state index in [2.05, 4.69) is 53.2 Å². The number of anilines is 1. The minimum Gasteiger partial charge on any atom is -0.443 e. The third-order valence-electron chi connectivity index (χ3n) is 4.61. The first-order chi connectivity index (χ1) is 12.8. The van der Waals surface area contributed by atoms with Gasteiger partial charge in [0.2, 0.25) is 0 Å². The molecule has 0 spiro atoms. The van der Waals surface area contributed by atoms with Gasteiger partial charge in [-0.3, -0.25) is 4.79 Å². The number of carbonyl (C=O) groups is 1. The molecule has 0 unspecified atom stereocenters. The monoisotopic (exact) mass is 366 g/mol. The van der Waals surface area contributed by atoms with Crippen molar-refractivity contribution in [3.8, 4) is 11.8 Å². The molecule has 2 heterocycles. The molecule has 1 saturated heterocycles. The molecule has 2 aromatic rings. The van der Waals surface area contributed by atoms with Crippen LogP contribution in [0.3, 0.4) is 0 Å². The molecule has 5 heteroatoms. The highest BCUT2D eigenvalue weighted by Crippen LogP contribution is 2.26. The zero-order valence-electron chi connectivity index (χ0n) is 16.1. The van der Waals surface area contributed by atoms with Gasteiger partial charge in [0.15, 0.2) is 11.5 Å². The lowest BCUT2D eigenvalue weighted by atomic mass is 10.1. The molecule has 2 N–H and O–H groups in total. The smallest absolute Gasteiger partial charge is 0.287 e. The largest absolute Gasteiger partial charge is 0.443 e. The topological polar surface area (TPSA) is 65.7 Å². The van der Waals surface area contributed by atoms with Crippen molar-refractivity contribution in [3.63, 3.8) is 0 Å². The van der Waals surface area contributed by atoms with Gasteiger partial charge in [-0.05, 0) is 62.8 Å². The number of amides is 1. The number of nitrogens with zero attached hydrogens (tertiary/aromatic N) is 1. The maximum Gasteiger partial charge on any atom is 0.287 e. The Balaban J connectivity index is 1.52. The zero-order valence-corrected chi connectivity index (χ0v) is 16.1. The number of carbonyl (C=O) groups excluding carboxylic acids is 1. The van der Waals surface area contributed by atoms with Crippen molar-refractivity contribution in [2.24, 2.45) is 5.92 Å².